The molecular weight excluding hydrogens is 315 g/mol. The third-order valence-electron chi connectivity index (χ3n) is 4.43. The number of hydrazone groups is 1. The summed E-state index contributed by atoms with van der Waals surface area (Å²) in [6, 6.07) is 15.6. The predicted octanol–water partition coefficient (Wildman–Crippen LogP) is 1.62. The number of aliphatic hydroxyl groups excluding tert-OH is 1. The second kappa shape index (κ2) is 7.21. The Kier molecular flexibility index (Phi) is 5.02. The summed E-state index contributed by atoms with van der Waals surface area (Å²) in [7, 11) is -1.14. The van der Waals surface area contributed by atoms with Crippen LogP contribution in [0, 0.1) is 5.92 Å². The Morgan fingerprint density at radius 1 is 1.16 bits per heavy atom. The van der Waals surface area contributed by atoms with Gasteiger partial charge in [-0.15, -0.1) is 0 Å². The van der Waals surface area contributed by atoms with E-state index in [1.54, 1.807) is 6.21 Å². The summed E-state index contributed by atoms with van der Waals surface area (Å²) in [6.07, 6.45) is 0.759. The Morgan fingerprint density at radius 3 is 2.56 bits per heavy atom. The number of carbonyl (C=O) groups is 1. The molecule has 2 aromatic rings. The molecule has 1 aliphatic rings. The van der Waals surface area contributed by atoms with Gasteiger partial charge in [0.05, 0.1) is 18.7 Å². The van der Waals surface area contributed by atoms with Crippen LogP contribution in [0.15, 0.2) is 53.6 Å². The van der Waals surface area contributed by atoms with Gasteiger partial charge in [-0.2, -0.15) is 5.10 Å². The van der Waals surface area contributed by atoms with Gasteiger partial charge in [-0.05, 0) is 34.1 Å². The third kappa shape index (κ3) is 3.65. The smallest absolute Gasteiger partial charge is 0.427 e. The molecule has 3 rings (SSSR count). The minimum absolute atomic E-state index is 0.0319. The van der Waals surface area contributed by atoms with Crippen molar-refractivity contribution in [2.45, 2.75) is 26.4 Å². The highest BCUT2D eigenvalue weighted by Gasteiger charge is 2.34. The van der Waals surface area contributed by atoms with Crippen LogP contribution >= 0.6 is 0 Å². The van der Waals surface area contributed by atoms with Gasteiger partial charge in [0.25, 0.3) is 0 Å². The standard InChI is InChI=1S/C19H21BN2O3/c1-13(2)18(23)11-19(24)22-20(25)17-9-8-15(10-16(17)12-21-22)14-6-4-3-5-7-14/h3-10,12-13,18,23,25H,11H2,1-2H3. The molecule has 2 aromatic carbocycles. The molecule has 0 bridgehead atoms. The molecule has 25 heavy (non-hydrogen) atoms. The van der Waals surface area contributed by atoms with Gasteiger partial charge in [-0.25, -0.2) is 4.92 Å². The van der Waals surface area contributed by atoms with Crippen LogP contribution in [-0.2, 0) is 4.79 Å². The number of hydrogen-bond donors (Lipinski definition) is 2. The first-order valence-electron chi connectivity index (χ1n) is 8.39. The number of carbonyl (C=O) groups excluding carboxylic acids is 1. The van der Waals surface area contributed by atoms with Crippen LogP contribution in [-0.4, -0.2) is 40.3 Å². The molecule has 0 radical (unpaired) electrons. The number of hydrogen-bond acceptors (Lipinski definition) is 4. The van der Waals surface area contributed by atoms with Gasteiger partial charge in [0.15, 0.2) is 0 Å². The molecule has 0 aromatic heterocycles. The van der Waals surface area contributed by atoms with E-state index >= 15 is 0 Å². The molecule has 0 fully saturated rings. The molecular formula is C19H21BN2O3. The Morgan fingerprint density at radius 2 is 1.88 bits per heavy atom. The van der Waals surface area contributed by atoms with Crippen LogP contribution in [0.25, 0.3) is 11.1 Å². The zero-order valence-electron chi connectivity index (χ0n) is 14.3. The van der Waals surface area contributed by atoms with E-state index in [9.17, 15) is 14.9 Å². The molecule has 1 amide bonds. The normalized spacial score (nSPS) is 14.6. The van der Waals surface area contributed by atoms with Gasteiger partial charge in [0, 0.05) is 0 Å². The summed E-state index contributed by atoms with van der Waals surface area (Å²) in [4.78, 5) is 13.4. The minimum Gasteiger partial charge on any atom is -0.427 e. The third-order valence-corrected chi connectivity index (χ3v) is 4.43. The lowest BCUT2D eigenvalue weighted by molar-refractivity contribution is -0.130. The largest absolute Gasteiger partial charge is 0.474 e. The first-order valence-corrected chi connectivity index (χ1v) is 8.39. The van der Waals surface area contributed by atoms with Crippen LogP contribution in [0.3, 0.4) is 0 Å². The highest BCUT2D eigenvalue weighted by Crippen LogP contribution is 2.20. The number of nitrogens with zero attached hydrogens (tertiary/aromatic N) is 2. The maximum Gasteiger partial charge on any atom is 0.474 e. The zero-order chi connectivity index (χ0) is 18.0. The molecule has 0 saturated heterocycles. The lowest BCUT2D eigenvalue weighted by Gasteiger charge is -2.26. The molecule has 5 nitrogen and oxygen atoms in total. The highest BCUT2D eigenvalue weighted by atomic mass is 16.3. The Hall–Kier alpha value is -2.44. The van der Waals surface area contributed by atoms with E-state index in [2.05, 4.69) is 5.10 Å². The van der Waals surface area contributed by atoms with Crippen molar-refractivity contribution in [3.05, 3.63) is 54.1 Å². The molecule has 0 saturated carbocycles. The monoisotopic (exact) mass is 336 g/mol. The number of aliphatic hydroxyl groups is 1. The summed E-state index contributed by atoms with van der Waals surface area (Å²) in [5.41, 5.74) is 3.50. The molecule has 1 heterocycles. The molecule has 128 valence electrons. The predicted molar refractivity (Wildman–Crippen MR) is 99.4 cm³/mol. The average molecular weight is 336 g/mol. The quantitative estimate of drug-likeness (QED) is 0.834. The fourth-order valence-corrected chi connectivity index (χ4v) is 2.76. The molecule has 0 spiro atoms. The van der Waals surface area contributed by atoms with Gasteiger partial charge in [0.1, 0.15) is 0 Å². The van der Waals surface area contributed by atoms with E-state index in [-0.39, 0.29) is 12.3 Å². The van der Waals surface area contributed by atoms with Crippen LogP contribution in [0.1, 0.15) is 25.8 Å². The highest BCUT2D eigenvalue weighted by molar-refractivity contribution is 6.67. The lowest BCUT2D eigenvalue weighted by Crippen LogP contribution is -2.53. The Labute approximate surface area is 147 Å². The maximum absolute atomic E-state index is 12.3. The van der Waals surface area contributed by atoms with Crippen molar-refractivity contribution in [3.63, 3.8) is 0 Å². The summed E-state index contributed by atoms with van der Waals surface area (Å²) in [5.74, 6) is -0.432. The van der Waals surface area contributed by atoms with E-state index in [1.165, 1.54) is 0 Å². The minimum atomic E-state index is -1.14. The van der Waals surface area contributed by atoms with Crippen molar-refractivity contribution in [2.24, 2.45) is 11.0 Å². The fourth-order valence-electron chi connectivity index (χ4n) is 2.76. The lowest BCUT2D eigenvalue weighted by atomic mass is 9.69. The van der Waals surface area contributed by atoms with Gasteiger partial charge >= 0.3 is 7.05 Å². The van der Waals surface area contributed by atoms with Crippen LogP contribution in [0.5, 0.6) is 0 Å². The SMILES string of the molecule is CC(C)C(O)CC(=O)N1N=Cc2cc(-c3ccccc3)ccc2B1O. The van der Waals surface area contributed by atoms with E-state index in [4.69, 9.17) is 0 Å². The first kappa shape index (κ1) is 17.4. The summed E-state index contributed by atoms with van der Waals surface area (Å²) < 4.78 is 0. The van der Waals surface area contributed by atoms with Crippen molar-refractivity contribution >= 4 is 24.6 Å². The van der Waals surface area contributed by atoms with Crippen molar-refractivity contribution in [3.8, 4) is 11.1 Å². The number of fused-ring (bicyclic) bond motifs is 1. The van der Waals surface area contributed by atoms with Gasteiger partial charge in [-0.1, -0.05) is 56.3 Å². The molecule has 2 N–H and O–H groups in total. The van der Waals surface area contributed by atoms with Gasteiger partial charge < -0.3 is 10.1 Å². The first-order chi connectivity index (χ1) is 12.0. The summed E-state index contributed by atoms with van der Waals surface area (Å²) in [6.45, 7) is 3.68. The molecule has 0 aliphatic carbocycles. The molecule has 6 heteroatoms. The number of rotatable bonds is 4. The van der Waals surface area contributed by atoms with Gasteiger partial charge in [-0.3, -0.25) is 4.79 Å². The molecule has 1 aliphatic heterocycles. The van der Waals surface area contributed by atoms with Gasteiger partial charge in [0.2, 0.25) is 5.91 Å². The van der Waals surface area contributed by atoms with E-state index in [1.807, 2.05) is 62.4 Å². The van der Waals surface area contributed by atoms with E-state index in [0.717, 1.165) is 21.6 Å². The van der Waals surface area contributed by atoms with Crippen molar-refractivity contribution in [1.82, 2.24) is 4.92 Å². The van der Waals surface area contributed by atoms with E-state index < -0.39 is 19.1 Å². The van der Waals surface area contributed by atoms with E-state index in [0.29, 0.717) is 5.46 Å². The number of benzene rings is 2. The van der Waals surface area contributed by atoms with Crippen molar-refractivity contribution in [2.75, 3.05) is 0 Å². The Bertz CT molecular complexity index is 793. The maximum atomic E-state index is 12.3. The van der Waals surface area contributed by atoms with Crippen LogP contribution < -0.4 is 5.46 Å². The topological polar surface area (TPSA) is 73.1 Å². The summed E-state index contributed by atoms with van der Waals surface area (Å²) in [5, 5.41) is 24.5. The molecule has 1 unspecified atom stereocenters. The summed E-state index contributed by atoms with van der Waals surface area (Å²) >= 11 is 0. The van der Waals surface area contributed by atoms with Crippen molar-refractivity contribution in [1.29, 1.82) is 0 Å². The van der Waals surface area contributed by atoms with Crippen LogP contribution in [0.2, 0.25) is 0 Å². The van der Waals surface area contributed by atoms with Crippen LogP contribution in [0.4, 0.5) is 0 Å². The number of amides is 1. The second-order valence-electron chi connectivity index (χ2n) is 6.58. The second-order valence-corrected chi connectivity index (χ2v) is 6.58. The zero-order valence-corrected chi connectivity index (χ0v) is 14.3. The van der Waals surface area contributed by atoms with Crippen molar-refractivity contribution < 1.29 is 14.9 Å². The Balaban J connectivity index is 1.83. The molecule has 1 atom stereocenters. The average Bonchev–Trinajstić information content (AvgIpc) is 2.62. The fraction of sp³-hybridized carbons (Fsp3) is 0.263.